The van der Waals surface area contributed by atoms with Crippen molar-refractivity contribution >= 4 is 6.29 Å². The Labute approximate surface area is 133 Å². The van der Waals surface area contributed by atoms with Crippen molar-refractivity contribution in [1.29, 1.82) is 5.26 Å². The lowest BCUT2D eigenvalue weighted by molar-refractivity contribution is 0.111. The highest BCUT2D eigenvalue weighted by molar-refractivity contribution is 5.71. The molecule has 0 spiro atoms. The molecule has 118 valence electrons. The second-order valence-electron chi connectivity index (χ2n) is 5.38. The van der Waals surface area contributed by atoms with Crippen LogP contribution in [-0.2, 0) is 6.42 Å². The van der Waals surface area contributed by atoms with E-state index in [2.05, 4.69) is 35.4 Å². The Bertz CT molecular complexity index is 506. The van der Waals surface area contributed by atoms with Crippen LogP contribution in [0.25, 0.3) is 0 Å². The second kappa shape index (κ2) is 12.6. The molecule has 0 atom stereocenters. The standard InChI is InChI=1S/C19H26N2O/c20-16-12-10-8-6-4-2-1-3-5-7-9-11-13-18-14-15-19(17-22)21-18/h2-5,14-15,17,21H,1,6-13H2/b4-2-,5-3-. The van der Waals surface area contributed by atoms with Gasteiger partial charge < -0.3 is 4.98 Å². The molecule has 1 N–H and O–H groups in total. The number of nitriles is 1. The molecule has 0 aromatic carbocycles. The average Bonchev–Trinajstić information content (AvgIpc) is 3.00. The Hall–Kier alpha value is -2.08. The summed E-state index contributed by atoms with van der Waals surface area (Å²) < 4.78 is 0. The fraction of sp³-hybridized carbons (Fsp3) is 0.474. The predicted octanol–water partition coefficient (Wildman–Crippen LogP) is 5.13. The molecule has 22 heavy (non-hydrogen) atoms. The largest absolute Gasteiger partial charge is 0.356 e. The highest BCUT2D eigenvalue weighted by Gasteiger charge is 1.96. The third kappa shape index (κ3) is 8.97. The van der Waals surface area contributed by atoms with Gasteiger partial charge in [0.15, 0.2) is 6.29 Å². The molecular formula is C19H26N2O. The summed E-state index contributed by atoms with van der Waals surface area (Å²) in [5.41, 5.74) is 1.81. The maximum atomic E-state index is 10.6. The molecular weight excluding hydrogens is 272 g/mol. The van der Waals surface area contributed by atoms with Crippen molar-refractivity contribution < 1.29 is 4.79 Å². The maximum Gasteiger partial charge on any atom is 0.166 e. The quantitative estimate of drug-likeness (QED) is 0.330. The third-order valence-corrected chi connectivity index (χ3v) is 3.48. The summed E-state index contributed by atoms with van der Waals surface area (Å²) in [5, 5.41) is 8.41. The van der Waals surface area contributed by atoms with E-state index in [0.29, 0.717) is 12.1 Å². The number of H-pyrrole nitrogens is 1. The molecule has 0 unspecified atom stereocenters. The minimum Gasteiger partial charge on any atom is -0.356 e. The molecule has 1 aromatic rings. The van der Waals surface area contributed by atoms with E-state index in [9.17, 15) is 4.79 Å². The number of hydrogen-bond acceptors (Lipinski definition) is 2. The van der Waals surface area contributed by atoms with E-state index in [0.717, 1.165) is 56.9 Å². The van der Waals surface area contributed by atoms with Crippen LogP contribution >= 0.6 is 0 Å². The van der Waals surface area contributed by atoms with Crippen LogP contribution in [0.5, 0.6) is 0 Å². The van der Waals surface area contributed by atoms with Gasteiger partial charge in [0.2, 0.25) is 0 Å². The summed E-state index contributed by atoms with van der Waals surface area (Å²) in [6.45, 7) is 0. The van der Waals surface area contributed by atoms with Crippen molar-refractivity contribution in [2.75, 3.05) is 0 Å². The summed E-state index contributed by atoms with van der Waals surface area (Å²) in [4.78, 5) is 13.6. The van der Waals surface area contributed by atoms with Crippen LogP contribution in [0.3, 0.4) is 0 Å². The highest BCUT2D eigenvalue weighted by Crippen LogP contribution is 2.07. The zero-order chi connectivity index (χ0) is 15.9. The number of allylic oxidation sites excluding steroid dienone is 4. The minimum absolute atomic E-state index is 0.661. The number of aryl methyl sites for hydroxylation is 1. The van der Waals surface area contributed by atoms with E-state index in [1.165, 1.54) is 6.42 Å². The molecule has 0 saturated carbocycles. The van der Waals surface area contributed by atoms with Gasteiger partial charge in [-0.3, -0.25) is 4.79 Å². The van der Waals surface area contributed by atoms with Gasteiger partial charge in [-0.1, -0.05) is 24.3 Å². The number of aldehydes is 1. The number of rotatable bonds is 12. The molecule has 0 radical (unpaired) electrons. The van der Waals surface area contributed by atoms with Gasteiger partial charge in [-0.25, -0.2) is 0 Å². The summed E-state index contributed by atoms with van der Waals surface area (Å²) >= 11 is 0. The van der Waals surface area contributed by atoms with Gasteiger partial charge in [0.25, 0.3) is 0 Å². The Morgan fingerprint density at radius 1 is 1.00 bits per heavy atom. The number of aromatic nitrogens is 1. The normalized spacial score (nSPS) is 11.2. The highest BCUT2D eigenvalue weighted by atomic mass is 16.1. The number of hydrogen-bond donors (Lipinski definition) is 1. The number of aromatic amines is 1. The van der Waals surface area contributed by atoms with Gasteiger partial charge in [0, 0.05) is 12.1 Å². The Morgan fingerprint density at radius 3 is 2.36 bits per heavy atom. The first-order valence-electron chi connectivity index (χ1n) is 8.17. The van der Waals surface area contributed by atoms with E-state index in [1.54, 1.807) is 0 Å². The van der Waals surface area contributed by atoms with Crippen LogP contribution < -0.4 is 0 Å². The lowest BCUT2D eigenvalue weighted by Crippen LogP contribution is -1.86. The van der Waals surface area contributed by atoms with E-state index >= 15 is 0 Å². The summed E-state index contributed by atoms with van der Waals surface area (Å²) in [5.74, 6) is 0. The Kier molecular flexibility index (Phi) is 10.3. The summed E-state index contributed by atoms with van der Waals surface area (Å²) in [6.07, 6.45) is 19.0. The molecule has 0 saturated heterocycles. The molecule has 0 fully saturated rings. The third-order valence-electron chi connectivity index (χ3n) is 3.48. The lowest BCUT2D eigenvalue weighted by atomic mass is 10.1. The molecule has 1 aromatic heterocycles. The monoisotopic (exact) mass is 298 g/mol. The van der Waals surface area contributed by atoms with Crippen molar-refractivity contribution in [2.45, 2.75) is 57.8 Å². The van der Waals surface area contributed by atoms with Crippen molar-refractivity contribution in [3.05, 3.63) is 47.8 Å². The fourth-order valence-corrected chi connectivity index (χ4v) is 2.22. The van der Waals surface area contributed by atoms with Gasteiger partial charge in [-0.15, -0.1) is 0 Å². The van der Waals surface area contributed by atoms with Gasteiger partial charge >= 0.3 is 0 Å². The number of carbonyl (C=O) groups is 1. The molecule has 1 rings (SSSR count). The van der Waals surface area contributed by atoms with Gasteiger partial charge in [0.1, 0.15) is 0 Å². The van der Waals surface area contributed by atoms with Crippen LogP contribution in [0.2, 0.25) is 0 Å². The average molecular weight is 298 g/mol. The Morgan fingerprint density at radius 2 is 1.73 bits per heavy atom. The van der Waals surface area contributed by atoms with Crippen LogP contribution in [0.4, 0.5) is 0 Å². The van der Waals surface area contributed by atoms with Crippen molar-refractivity contribution in [1.82, 2.24) is 4.98 Å². The first-order chi connectivity index (χ1) is 10.9. The van der Waals surface area contributed by atoms with E-state index in [1.807, 2.05) is 12.1 Å². The molecule has 3 heteroatoms. The van der Waals surface area contributed by atoms with Crippen LogP contribution in [-0.4, -0.2) is 11.3 Å². The topological polar surface area (TPSA) is 56.6 Å². The zero-order valence-corrected chi connectivity index (χ0v) is 13.3. The SMILES string of the molecule is N#CCCCC/C=C\C/C=C\CCCCc1ccc(C=O)[nH]1. The molecule has 1 heterocycles. The second-order valence-corrected chi connectivity index (χ2v) is 5.38. The van der Waals surface area contributed by atoms with Crippen molar-refractivity contribution in [3.8, 4) is 6.07 Å². The van der Waals surface area contributed by atoms with Gasteiger partial charge in [0.05, 0.1) is 11.8 Å². The van der Waals surface area contributed by atoms with E-state index < -0.39 is 0 Å². The Balaban J connectivity index is 1.94. The van der Waals surface area contributed by atoms with Crippen LogP contribution in [0.15, 0.2) is 36.4 Å². The first-order valence-corrected chi connectivity index (χ1v) is 8.17. The molecule has 0 amide bonds. The molecule has 3 nitrogen and oxygen atoms in total. The summed E-state index contributed by atoms with van der Waals surface area (Å²) in [7, 11) is 0. The zero-order valence-electron chi connectivity index (χ0n) is 13.3. The number of carbonyl (C=O) groups excluding carboxylic acids is 1. The lowest BCUT2D eigenvalue weighted by Gasteiger charge is -1.96. The predicted molar refractivity (Wildman–Crippen MR) is 90.7 cm³/mol. The van der Waals surface area contributed by atoms with E-state index in [-0.39, 0.29) is 0 Å². The molecule has 0 bridgehead atoms. The molecule has 0 aliphatic carbocycles. The first kappa shape index (κ1) is 18.0. The van der Waals surface area contributed by atoms with Crippen molar-refractivity contribution in [2.24, 2.45) is 0 Å². The maximum absolute atomic E-state index is 10.6. The molecule has 0 aliphatic heterocycles. The number of nitrogens with zero attached hydrogens (tertiary/aromatic N) is 1. The van der Waals surface area contributed by atoms with Crippen molar-refractivity contribution in [3.63, 3.8) is 0 Å². The number of nitrogens with one attached hydrogen (secondary N) is 1. The molecule has 0 aliphatic rings. The fourth-order valence-electron chi connectivity index (χ4n) is 2.22. The summed E-state index contributed by atoms with van der Waals surface area (Å²) in [6, 6.07) is 5.98. The minimum atomic E-state index is 0.661. The van der Waals surface area contributed by atoms with Gasteiger partial charge in [-0.05, 0) is 63.5 Å². The van der Waals surface area contributed by atoms with Crippen LogP contribution in [0, 0.1) is 11.3 Å². The smallest absolute Gasteiger partial charge is 0.166 e. The van der Waals surface area contributed by atoms with Crippen LogP contribution in [0.1, 0.15) is 67.5 Å². The number of unbranched alkanes of at least 4 members (excludes halogenated alkanes) is 5. The van der Waals surface area contributed by atoms with E-state index in [4.69, 9.17) is 5.26 Å². The van der Waals surface area contributed by atoms with Gasteiger partial charge in [-0.2, -0.15) is 5.26 Å².